The molecule has 3 aromatic heterocycles. The summed E-state index contributed by atoms with van der Waals surface area (Å²) < 4.78 is 14.9. The number of aromatic nitrogens is 4. The number of hydrogen-bond acceptors (Lipinski definition) is 6. The Morgan fingerprint density at radius 3 is 2.51 bits per heavy atom. The summed E-state index contributed by atoms with van der Waals surface area (Å²) in [6.07, 6.45) is 4.64. The van der Waals surface area contributed by atoms with E-state index >= 15 is 0 Å². The van der Waals surface area contributed by atoms with Gasteiger partial charge in [-0.05, 0) is 69.5 Å². The van der Waals surface area contributed by atoms with E-state index < -0.39 is 25.2 Å². The normalized spacial score (nSPS) is 15.1. The van der Waals surface area contributed by atoms with Crippen LogP contribution in [0.2, 0.25) is 25.7 Å². The molecule has 3 heterocycles. The predicted molar refractivity (Wildman–Crippen MR) is 154 cm³/mol. The lowest BCUT2D eigenvalue weighted by atomic mass is 9.99. The molecule has 9 nitrogen and oxygen atoms in total. The van der Waals surface area contributed by atoms with E-state index in [1.54, 1.807) is 6.20 Å². The molecule has 2 N–H and O–H groups in total. The van der Waals surface area contributed by atoms with Gasteiger partial charge in [-0.3, -0.25) is 4.79 Å². The molecule has 0 aliphatic heterocycles. The molecule has 206 valence electrons. The highest BCUT2D eigenvalue weighted by Crippen LogP contribution is 2.47. The van der Waals surface area contributed by atoms with Gasteiger partial charge in [-0.15, -0.1) is 0 Å². The third kappa shape index (κ3) is 5.49. The second-order valence-corrected chi connectivity index (χ2v) is 18.3. The lowest BCUT2D eigenvalue weighted by Gasteiger charge is -2.19. The van der Waals surface area contributed by atoms with Gasteiger partial charge in [-0.1, -0.05) is 25.7 Å². The zero-order valence-corrected chi connectivity index (χ0v) is 24.6. The van der Waals surface area contributed by atoms with Crippen LogP contribution < -0.4 is 5.73 Å². The molecular weight excluding hydrogens is 510 g/mol. The number of fused-ring (bicyclic) bond motifs is 2. The topological polar surface area (TPSA) is 114 Å². The summed E-state index contributed by atoms with van der Waals surface area (Å²) in [5.41, 5.74) is 8.54. The van der Waals surface area contributed by atoms with Gasteiger partial charge in [-0.25, -0.2) is 9.78 Å². The van der Waals surface area contributed by atoms with Gasteiger partial charge >= 0.3 is 6.09 Å². The standard InChI is InChI=1S/C29H37N5O4Si/c1-28(2,3)38-27(36)34-23-9-7-19(15-20(23)16-31-34)22-17-33(18-37-13-14-39(4,5)6)25-21(22)8-10-24(32-25)29(11-12-29)26(30)35/h7-10,15-17H,11-14,18H2,1-6H3,(H2,30,35). The number of primary amides is 1. The van der Waals surface area contributed by atoms with Gasteiger partial charge in [0, 0.05) is 37.2 Å². The van der Waals surface area contributed by atoms with Crippen molar-refractivity contribution in [1.29, 1.82) is 0 Å². The monoisotopic (exact) mass is 547 g/mol. The lowest BCUT2D eigenvalue weighted by molar-refractivity contribution is -0.120. The summed E-state index contributed by atoms with van der Waals surface area (Å²) in [5, 5.41) is 6.05. The zero-order valence-electron chi connectivity index (χ0n) is 23.6. The minimum atomic E-state index is -1.22. The molecule has 1 aliphatic carbocycles. The Labute approximate surface area is 229 Å². The quantitative estimate of drug-likeness (QED) is 0.225. The molecule has 1 aliphatic rings. The van der Waals surface area contributed by atoms with Crippen LogP contribution in [0.25, 0.3) is 33.1 Å². The molecule has 0 spiro atoms. The lowest BCUT2D eigenvalue weighted by Crippen LogP contribution is -2.29. The molecule has 10 heteroatoms. The molecule has 0 atom stereocenters. The number of nitrogens with zero attached hydrogens (tertiary/aromatic N) is 4. The van der Waals surface area contributed by atoms with Gasteiger partial charge in [-0.2, -0.15) is 9.78 Å². The van der Waals surface area contributed by atoms with Crippen LogP contribution in [0.5, 0.6) is 0 Å². The molecule has 0 bridgehead atoms. The fourth-order valence-electron chi connectivity index (χ4n) is 4.71. The SMILES string of the molecule is CC(C)(C)OC(=O)n1ncc2cc(-c3cn(COCC[Si](C)(C)C)c4nc(C5(C(N)=O)CC5)ccc34)ccc21. The van der Waals surface area contributed by atoms with E-state index in [4.69, 9.17) is 20.2 Å². The maximum atomic E-state index is 12.6. The largest absolute Gasteiger partial charge is 0.442 e. The van der Waals surface area contributed by atoms with E-state index in [0.29, 0.717) is 24.5 Å². The number of hydrogen-bond donors (Lipinski definition) is 1. The Bertz CT molecular complexity index is 1570. The number of benzene rings is 1. The Hall–Kier alpha value is -3.50. The fraction of sp³-hybridized carbons (Fsp3) is 0.448. The first-order valence-corrected chi connectivity index (χ1v) is 17.1. The highest BCUT2D eigenvalue weighted by molar-refractivity contribution is 6.76. The summed E-state index contributed by atoms with van der Waals surface area (Å²) >= 11 is 0. The van der Waals surface area contributed by atoms with Crippen molar-refractivity contribution < 1.29 is 19.1 Å². The van der Waals surface area contributed by atoms with Gasteiger partial charge in [0.15, 0.2) is 0 Å². The molecule has 39 heavy (non-hydrogen) atoms. The van der Waals surface area contributed by atoms with Crippen molar-refractivity contribution in [2.45, 2.75) is 77.0 Å². The molecule has 1 saturated carbocycles. The van der Waals surface area contributed by atoms with Crippen molar-refractivity contribution in [3.8, 4) is 11.1 Å². The van der Waals surface area contributed by atoms with Crippen molar-refractivity contribution in [3.63, 3.8) is 0 Å². The third-order valence-corrected chi connectivity index (χ3v) is 8.81. The van der Waals surface area contributed by atoms with E-state index in [1.807, 2.05) is 61.9 Å². The molecule has 1 aromatic carbocycles. The van der Waals surface area contributed by atoms with Crippen molar-refractivity contribution in [1.82, 2.24) is 19.3 Å². The fourth-order valence-corrected chi connectivity index (χ4v) is 5.46. The summed E-state index contributed by atoms with van der Waals surface area (Å²) in [6.45, 7) is 13.5. The van der Waals surface area contributed by atoms with Gasteiger partial charge in [0.1, 0.15) is 18.0 Å². The summed E-state index contributed by atoms with van der Waals surface area (Å²) in [7, 11) is -1.22. The van der Waals surface area contributed by atoms with Crippen LogP contribution in [-0.2, 0) is 26.4 Å². The minimum Gasteiger partial charge on any atom is -0.442 e. The van der Waals surface area contributed by atoms with Crippen LogP contribution >= 0.6 is 0 Å². The number of nitrogens with two attached hydrogens (primary N) is 1. The van der Waals surface area contributed by atoms with Crippen LogP contribution in [0.3, 0.4) is 0 Å². The molecule has 4 aromatic rings. The Morgan fingerprint density at radius 1 is 1.13 bits per heavy atom. The first kappa shape index (κ1) is 27.1. The number of rotatable bonds is 8. The van der Waals surface area contributed by atoms with Crippen LogP contribution in [0.15, 0.2) is 42.7 Å². The summed E-state index contributed by atoms with van der Waals surface area (Å²) in [6, 6.07) is 10.9. The maximum absolute atomic E-state index is 12.6. The third-order valence-electron chi connectivity index (χ3n) is 7.11. The van der Waals surface area contributed by atoms with Crippen molar-refractivity contribution in [2.24, 2.45) is 5.73 Å². The number of pyridine rings is 1. The van der Waals surface area contributed by atoms with E-state index in [0.717, 1.165) is 46.4 Å². The van der Waals surface area contributed by atoms with E-state index in [2.05, 4.69) is 24.7 Å². The number of carbonyl (C=O) groups excluding carboxylic acids is 2. The predicted octanol–water partition coefficient (Wildman–Crippen LogP) is 5.67. The second-order valence-electron chi connectivity index (χ2n) is 12.7. The molecule has 1 amide bonds. The summed E-state index contributed by atoms with van der Waals surface area (Å²) in [4.78, 5) is 29.8. The zero-order chi connectivity index (χ0) is 28.2. The molecule has 1 fully saturated rings. The Balaban J connectivity index is 1.52. The van der Waals surface area contributed by atoms with Crippen molar-refractivity contribution >= 4 is 42.0 Å². The summed E-state index contributed by atoms with van der Waals surface area (Å²) in [5.74, 6) is -0.327. The Kier molecular flexibility index (Phi) is 6.67. The van der Waals surface area contributed by atoms with Crippen LogP contribution in [0.4, 0.5) is 4.79 Å². The highest BCUT2D eigenvalue weighted by atomic mass is 28.3. The van der Waals surface area contributed by atoms with E-state index in [1.165, 1.54) is 4.68 Å². The first-order chi connectivity index (χ1) is 18.3. The molecule has 5 rings (SSSR count). The van der Waals surface area contributed by atoms with E-state index in [-0.39, 0.29) is 5.91 Å². The van der Waals surface area contributed by atoms with Gasteiger partial charge < -0.3 is 19.8 Å². The van der Waals surface area contributed by atoms with Crippen LogP contribution in [-0.4, -0.2) is 51.6 Å². The highest BCUT2D eigenvalue weighted by Gasteiger charge is 2.51. The average molecular weight is 548 g/mol. The molecular formula is C29H37N5O4Si. The van der Waals surface area contributed by atoms with Gasteiger partial charge in [0.25, 0.3) is 0 Å². The van der Waals surface area contributed by atoms with Crippen molar-refractivity contribution in [2.75, 3.05) is 6.61 Å². The molecule has 0 radical (unpaired) electrons. The molecule has 0 unspecified atom stereocenters. The second kappa shape index (κ2) is 9.60. The Morgan fingerprint density at radius 2 is 1.87 bits per heavy atom. The van der Waals surface area contributed by atoms with E-state index in [9.17, 15) is 9.59 Å². The minimum absolute atomic E-state index is 0.327. The number of ether oxygens (including phenoxy) is 2. The smallest absolute Gasteiger partial charge is 0.435 e. The maximum Gasteiger partial charge on any atom is 0.435 e. The van der Waals surface area contributed by atoms with Gasteiger partial charge in [0.05, 0.1) is 22.8 Å². The number of carbonyl (C=O) groups is 2. The first-order valence-electron chi connectivity index (χ1n) is 13.4. The van der Waals surface area contributed by atoms with Gasteiger partial charge in [0.2, 0.25) is 5.91 Å². The van der Waals surface area contributed by atoms with Crippen LogP contribution in [0, 0.1) is 0 Å². The van der Waals surface area contributed by atoms with Crippen LogP contribution in [0.1, 0.15) is 39.3 Å². The molecule has 0 saturated heterocycles. The number of amides is 1. The average Bonchev–Trinajstić information content (AvgIpc) is 3.43. The van der Waals surface area contributed by atoms with Crippen molar-refractivity contribution in [3.05, 3.63) is 48.4 Å².